The fraction of sp³-hybridized carbons (Fsp3) is 0.273. The molecule has 0 aromatic carbocycles. The SMILES string of the molecule is Cc1ccc(NC(=O)CN2CCn3cncc3C2)nc1-c1cn(C)c(=O)c2[nH]ccc12. The van der Waals surface area contributed by atoms with E-state index >= 15 is 0 Å². The number of H-pyrrole nitrogens is 1. The number of hydrogen-bond acceptors (Lipinski definition) is 5. The Labute approximate surface area is 178 Å². The molecule has 4 aromatic rings. The number of anilines is 1. The van der Waals surface area contributed by atoms with Crippen molar-refractivity contribution in [2.24, 2.45) is 7.05 Å². The maximum Gasteiger partial charge on any atom is 0.274 e. The number of nitrogens with one attached hydrogen (secondary N) is 2. The van der Waals surface area contributed by atoms with Crippen molar-refractivity contribution in [3.8, 4) is 11.3 Å². The van der Waals surface area contributed by atoms with Crippen LogP contribution in [0, 0.1) is 6.92 Å². The maximum atomic E-state index is 12.7. The van der Waals surface area contributed by atoms with Crippen LogP contribution in [0.5, 0.6) is 0 Å². The zero-order valence-corrected chi connectivity index (χ0v) is 17.4. The number of nitrogens with zero attached hydrogens (tertiary/aromatic N) is 5. The molecule has 0 aliphatic carbocycles. The first-order valence-electron chi connectivity index (χ1n) is 10.2. The van der Waals surface area contributed by atoms with E-state index in [0.717, 1.165) is 41.0 Å². The van der Waals surface area contributed by atoms with E-state index in [1.54, 1.807) is 30.1 Å². The van der Waals surface area contributed by atoms with Crippen molar-refractivity contribution in [2.75, 3.05) is 18.4 Å². The molecular weight excluding hydrogens is 394 g/mol. The van der Waals surface area contributed by atoms with Gasteiger partial charge in [0.05, 0.1) is 24.3 Å². The molecule has 0 unspecified atom stereocenters. The van der Waals surface area contributed by atoms with Gasteiger partial charge in [-0.3, -0.25) is 14.5 Å². The van der Waals surface area contributed by atoms with Crippen LogP contribution in [0.2, 0.25) is 0 Å². The minimum atomic E-state index is -0.109. The molecule has 9 heteroatoms. The quantitative estimate of drug-likeness (QED) is 0.528. The molecule has 1 amide bonds. The third-order valence-corrected chi connectivity index (χ3v) is 5.72. The lowest BCUT2D eigenvalue weighted by atomic mass is 10.0. The number of pyridine rings is 2. The van der Waals surface area contributed by atoms with E-state index in [1.165, 1.54) is 0 Å². The Morgan fingerprint density at radius 2 is 2.13 bits per heavy atom. The molecule has 0 radical (unpaired) electrons. The highest BCUT2D eigenvalue weighted by Crippen LogP contribution is 2.28. The van der Waals surface area contributed by atoms with Crippen LogP contribution in [0.25, 0.3) is 22.2 Å². The lowest BCUT2D eigenvalue weighted by Crippen LogP contribution is -2.38. The summed E-state index contributed by atoms with van der Waals surface area (Å²) < 4.78 is 3.65. The van der Waals surface area contributed by atoms with Crippen LogP contribution in [-0.4, -0.2) is 48.0 Å². The summed E-state index contributed by atoms with van der Waals surface area (Å²) in [6, 6.07) is 5.61. The molecule has 0 atom stereocenters. The standard InChI is InChI=1S/C22H23N7O2/c1-14-3-4-18(25-19(30)12-28-7-8-29-13-23-9-15(29)10-28)26-20(14)17-11-27(2)22(31)21-16(17)5-6-24-21/h3-6,9,11,13,24H,7-8,10,12H2,1-2H3,(H,25,26,30). The lowest BCUT2D eigenvalue weighted by molar-refractivity contribution is -0.117. The summed E-state index contributed by atoms with van der Waals surface area (Å²) in [7, 11) is 1.72. The second kappa shape index (κ2) is 7.51. The average molecular weight is 417 g/mol. The van der Waals surface area contributed by atoms with Crippen molar-refractivity contribution < 1.29 is 4.79 Å². The van der Waals surface area contributed by atoms with E-state index in [1.807, 2.05) is 31.6 Å². The summed E-state index contributed by atoms with van der Waals surface area (Å²) in [5, 5.41) is 3.73. The van der Waals surface area contributed by atoms with E-state index in [-0.39, 0.29) is 18.0 Å². The van der Waals surface area contributed by atoms with E-state index in [4.69, 9.17) is 4.98 Å². The molecule has 4 aromatic heterocycles. The molecule has 5 heterocycles. The van der Waals surface area contributed by atoms with Gasteiger partial charge in [0.15, 0.2) is 0 Å². The maximum absolute atomic E-state index is 12.7. The van der Waals surface area contributed by atoms with Crippen LogP contribution in [0.3, 0.4) is 0 Å². The van der Waals surface area contributed by atoms with E-state index in [9.17, 15) is 9.59 Å². The summed E-state index contributed by atoms with van der Waals surface area (Å²) in [5.74, 6) is 0.382. The summed E-state index contributed by atoms with van der Waals surface area (Å²) in [6.07, 6.45) is 7.20. The highest BCUT2D eigenvalue weighted by molar-refractivity contribution is 5.95. The molecule has 31 heavy (non-hydrogen) atoms. The molecular formula is C22H23N7O2. The summed E-state index contributed by atoms with van der Waals surface area (Å²) in [5.41, 5.74) is 4.10. The second-order valence-corrected chi connectivity index (χ2v) is 7.92. The number of fused-ring (bicyclic) bond motifs is 2. The Bertz CT molecular complexity index is 1350. The first kappa shape index (κ1) is 19.3. The highest BCUT2D eigenvalue weighted by Gasteiger charge is 2.19. The molecule has 0 saturated carbocycles. The van der Waals surface area contributed by atoms with Crippen LogP contribution < -0.4 is 10.9 Å². The third-order valence-electron chi connectivity index (χ3n) is 5.72. The molecule has 158 valence electrons. The number of aryl methyl sites for hydroxylation is 2. The van der Waals surface area contributed by atoms with Crippen molar-refractivity contribution in [3.63, 3.8) is 0 Å². The fourth-order valence-corrected chi connectivity index (χ4v) is 4.09. The largest absolute Gasteiger partial charge is 0.357 e. The first-order valence-corrected chi connectivity index (χ1v) is 10.2. The van der Waals surface area contributed by atoms with Gasteiger partial charge in [-0.05, 0) is 24.6 Å². The predicted octanol–water partition coefficient (Wildman–Crippen LogP) is 1.89. The molecule has 0 spiro atoms. The number of aromatic amines is 1. The van der Waals surface area contributed by atoms with Gasteiger partial charge in [0.25, 0.3) is 5.56 Å². The monoisotopic (exact) mass is 417 g/mol. The molecule has 0 saturated heterocycles. The van der Waals surface area contributed by atoms with Gasteiger partial charge < -0.3 is 19.4 Å². The van der Waals surface area contributed by atoms with Gasteiger partial charge in [-0.25, -0.2) is 9.97 Å². The summed E-state index contributed by atoms with van der Waals surface area (Å²) >= 11 is 0. The molecule has 0 fully saturated rings. The topological polar surface area (TPSA) is 101 Å². The zero-order chi connectivity index (χ0) is 21.5. The van der Waals surface area contributed by atoms with Gasteiger partial charge in [-0.1, -0.05) is 6.07 Å². The van der Waals surface area contributed by atoms with Crippen LogP contribution in [-0.2, 0) is 24.9 Å². The van der Waals surface area contributed by atoms with Crippen molar-refractivity contribution in [1.82, 2.24) is 29.0 Å². The van der Waals surface area contributed by atoms with E-state index < -0.39 is 0 Å². The average Bonchev–Trinajstić information content (AvgIpc) is 3.41. The Hall–Kier alpha value is -3.72. The van der Waals surface area contributed by atoms with Crippen molar-refractivity contribution in [2.45, 2.75) is 20.0 Å². The van der Waals surface area contributed by atoms with Crippen molar-refractivity contribution in [1.29, 1.82) is 0 Å². The minimum Gasteiger partial charge on any atom is -0.357 e. The van der Waals surface area contributed by atoms with Gasteiger partial charge >= 0.3 is 0 Å². The number of carbonyl (C=O) groups is 1. The second-order valence-electron chi connectivity index (χ2n) is 7.92. The van der Waals surface area contributed by atoms with E-state index in [0.29, 0.717) is 17.9 Å². The zero-order valence-electron chi connectivity index (χ0n) is 17.4. The van der Waals surface area contributed by atoms with E-state index in [2.05, 4.69) is 24.8 Å². The Morgan fingerprint density at radius 1 is 1.26 bits per heavy atom. The third kappa shape index (κ3) is 3.53. The number of hydrogen-bond donors (Lipinski definition) is 2. The normalized spacial score (nSPS) is 14.0. The van der Waals surface area contributed by atoms with Gasteiger partial charge in [0.2, 0.25) is 5.91 Å². The number of aromatic nitrogens is 5. The Kier molecular flexibility index (Phi) is 4.67. The van der Waals surface area contributed by atoms with Crippen molar-refractivity contribution >= 4 is 22.6 Å². The smallest absolute Gasteiger partial charge is 0.274 e. The minimum absolute atomic E-state index is 0.0891. The van der Waals surface area contributed by atoms with Gasteiger partial charge in [0, 0.05) is 56.2 Å². The van der Waals surface area contributed by atoms with Crippen LogP contribution in [0.4, 0.5) is 5.82 Å². The Balaban J connectivity index is 1.38. The number of rotatable bonds is 4. The summed E-state index contributed by atoms with van der Waals surface area (Å²) in [6.45, 7) is 4.58. The molecule has 2 N–H and O–H groups in total. The number of imidazole rings is 1. The summed E-state index contributed by atoms with van der Waals surface area (Å²) in [4.78, 5) is 39.0. The van der Waals surface area contributed by atoms with Crippen LogP contribution in [0.1, 0.15) is 11.3 Å². The lowest BCUT2D eigenvalue weighted by Gasteiger charge is -2.27. The first-order chi connectivity index (χ1) is 15.0. The molecule has 0 bridgehead atoms. The number of carbonyl (C=O) groups excluding carboxylic acids is 1. The molecule has 9 nitrogen and oxygen atoms in total. The van der Waals surface area contributed by atoms with Gasteiger partial charge in [0.1, 0.15) is 11.3 Å². The van der Waals surface area contributed by atoms with Crippen LogP contribution >= 0.6 is 0 Å². The fourth-order valence-electron chi connectivity index (χ4n) is 4.09. The highest BCUT2D eigenvalue weighted by atomic mass is 16.2. The molecule has 5 rings (SSSR count). The predicted molar refractivity (Wildman–Crippen MR) is 118 cm³/mol. The van der Waals surface area contributed by atoms with Gasteiger partial charge in [-0.15, -0.1) is 0 Å². The van der Waals surface area contributed by atoms with Crippen molar-refractivity contribution in [3.05, 3.63) is 64.7 Å². The molecule has 1 aliphatic rings. The van der Waals surface area contributed by atoms with Gasteiger partial charge in [-0.2, -0.15) is 0 Å². The molecule has 1 aliphatic heterocycles. The Morgan fingerprint density at radius 3 is 3.00 bits per heavy atom. The van der Waals surface area contributed by atoms with Crippen LogP contribution in [0.15, 0.2) is 47.9 Å². The number of amides is 1.